The van der Waals surface area contributed by atoms with Crippen LogP contribution in [0.3, 0.4) is 0 Å². The van der Waals surface area contributed by atoms with Gasteiger partial charge in [-0.05, 0) is 24.3 Å². The number of hydrogen-bond donors (Lipinski definition) is 2. The Bertz CT molecular complexity index is 664. The van der Waals surface area contributed by atoms with Crippen molar-refractivity contribution in [3.63, 3.8) is 0 Å². The standard InChI is InChI=1S/C13H11BrClN3O2/c1-20-13(19)9-5-8(16)6-17-12(9)18-11-4-7(14)2-3-10(11)15/h2-6H,16H2,1H3,(H,17,18). The molecule has 0 amide bonds. The minimum atomic E-state index is -0.529. The van der Waals surface area contributed by atoms with Crippen molar-refractivity contribution >= 4 is 50.7 Å². The van der Waals surface area contributed by atoms with Crippen molar-refractivity contribution < 1.29 is 9.53 Å². The number of hydrogen-bond acceptors (Lipinski definition) is 5. The second kappa shape index (κ2) is 6.11. The van der Waals surface area contributed by atoms with E-state index in [2.05, 4.69) is 26.2 Å². The first-order valence-corrected chi connectivity index (χ1v) is 6.74. The maximum absolute atomic E-state index is 11.7. The number of nitrogens with zero attached hydrogens (tertiary/aromatic N) is 1. The van der Waals surface area contributed by atoms with Crippen molar-refractivity contribution in [1.29, 1.82) is 0 Å². The number of anilines is 3. The van der Waals surface area contributed by atoms with Crippen LogP contribution in [0.4, 0.5) is 17.2 Å². The highest BCUT2D eigenvalue weighted by Crippen LogP contribution is 2.29. The molecule has 0 aliphatic rings. The summed E-state index contributed by atoms with van der Waals surface area (Å²) in [5.41, 5.74) is 6.86. The number of methoxy groups -OCH3 is 1. The summed E-state index contributed by atoms with van der Waals surface area (Å²) < 4.78 is 5.55. The number of halogens is 2. The van der Waals surface area contributed by atoms with Crippen molar-refractivity contribution in [1.82, 2.24) is 4.98 Å². The Kier molecular flexibility index (Phi) is 4.46. The predicted octanol–water partition coefficient (Wildman–Crippen LogP) is 3.61. The lowest BCUT2D eigenvalue weighted by molar-refractivity contribution is 0.0601. The summed E-state index contributed by atoms with van der Waals surface area (Å²) in [5.74, 6) is -0.204. The number of pyridine rings is 1. The van der Waals surface area contributed by atoms with Crippen LogP contribution < -0.4 is 11.1 Å². The zero-order valence-corrected chi connectivity index (χ0v) is 12.8. The maximum Gasteiger partial charge on any atom is 0.341 e. The lowest BCUT2D eigenvalue weighted by atomic mass is 10.2. The van der Waals surface area contributed by atoms with Crippen LogP contribution in [0.1, 0.15) is 10.4 Å². The van der Waals surface area contributed by atoms with Crippen molar-refractivity contribution in [3.05, 3.63) is 45.5 Å². The number of nitrogen functional groups attached to an aromatic ring is 1. The molecule has 3 N–H and O–H groups in total. The molecule has 1 heterocycles. The molecule has 0 bridgehead atoms. The molecule has 0 fully saturated rings. The summed E-state index contributed by atoms with van der Waals surface area (Å²) in [6, 6.07) is 6.81. The number of nitrogens with one attached hydrogen (secondary N) is 1. The fourth-order valence-electron chi connectivity index (χ4n) is 1.57. The Hall–Kier alpha value is -1.79. The van der Waals surface area contributed by atoms with E-state index in [0.29, 0.717) is 22.2 Å². The SMILES string of the molecule is COC(=O)c1cc(N)cnc1Nc1cc(Br)ccc1Cl. The average Bonchev–Trinajstić information content (AvgIpc) is 2.43. The average molecular weight is 357 g/mol. The van der Waals surface area contributed by atoms with E-state index >= 15 is 0 Å². The van der Waals surface area contributed by atoms with Crippen LogP contribution in [-0.2, 0) is 4.74 Å². The van der Waals surface area contributed by atoms with E-state index in [4.69, 9.17) is 22.1 Å². The van der Waals surface area contributed by atoms with Crippen molar-refractivity contribution in [2.45, 2.75) is 0 Å². The van der Waals surface area contributed by atoms with Crippen LogP contribution in [-0.4, -0.2) is 18.1 Å². The summed E-state index contributed by atoms with van der Waals surface area (Å²) >= 11 is 9.44. The van der Waals surface area contributed by atoms with E-state index in [1.807, 2.05) is 6.07 Å². The summed E-state index contributed by atoms with van der Waals surface area (Å²) in [6.45, 7) is 0. The van der Waals surface area contributed by atoms with E-state index in [0.717, 1.165) is 4.47 Å². The number of aromatic nitrogens is 1. The van der Waals surface area contributed by atoms with Crippen molar-refractivity contribution in [3.8, 4) is 0 Å². The van der Waals surface area contributed by atoms with Gasteiger partial charge in [0.1, 0.15) is 11.4 Å². The molecule has 0 spiro atoms. The van der Waals surface area contributed by atoms with Gasteiger partial charge in [0, 0.05) is 4.47 Å². The fraction of sp³-hybridized carbons (Fsp3) is 0.0769. The van der Waals surface area contributed by atoms with Crippen LogP contribution in [0.25, 0.3) is 0 Å². The molecule has 0 atom stereocenters. The first-order valence-electron chi connectivity index (χ1n) is 5.57. The monoisotopic (exact) mass is 355 g/mol. The second-order valence-corrected chi connectivity index (χ2v) is 5.23. The Balaban J connectivity index is 2.43. The number of benzene rings is 1. The summed E-state index contributed by atoms with van der Waals surface area (Å²) in [7, 11) is 1.29. The minimum absolute atomic E-state index is 0.239. The van der Waals surface area contributed by atoms with E-state index < -0.39 is 5.97 Å². The van der Waals surface area contributed by atoms with Gasteiger partial charge in [-0.25, -0.2) is 9.78 Å². The first-order chi connectivity index (χ1) is 9.51. The van der Waals surface area contributed by atoms with Gasteiger partial charge in [0.15, 0.2) is 0 Å². The van der Waals surface area contributed by atoms with Gasteiger partial charge < -0.3 is 15.8 Å². The van der Waals surface area contributed by atoms with Gasteiger partial charge in [0.2, 0.25) is 0 Å². The molecule has 5 nitrogen and oxygen atoms in total. The molecule has 0 aliphatic heterocycles. The number of rotatable bonds is 3. The van der Waals surface area contributed by atoms with E-state index in [1.54, 1.807) is 12.1 Å². The van der Waals surface area contributed by atoms with Crippen LogP contribution in [0.15, 0.2) is 34.9 Å². The molecule has 0 saturated carbocycles. The van der Waals surface area contributed by atoms with Gasteiger partial charge in [0.05, 0.1) is 29.7 Å². The fourth-order valence-corrected chi connectivity index (χ4v) is 2.09. The maximum atomic E-state index is 11.7. The normalized spacial score (nSPS) is 10.2. The van der Waals surface area contributed by atoms with E-state index in [-0.39, 0.29) is 5.56 Å². The predicted molar refractivity (Wildman–Crippen MR) is 82.4 cm³/mol. The highest BCUT2D eigenvalue weighted by atomic mass is 79.9. The van der Waals surface area contributed by atoms with Gasteiger partial charge in [-0.1, -0.05) is 27.5 Å². The molecule has 1 aromatic heterocycles. The second-order valence-electron chi connectivity index (χ2n) is 3.91. The summed E-state index contributed by atoms with van der Waals surface area (Å²) in [6.07, 6.45) is 1.45. The summed E-state index contributed by atoms with van der Waals surface area (Å²) in [4.78, 5) is 15.8. The highest BCUT2D eigenvalue weighted by Gasteiger charge is 2.15. The van der Waals surface area contributed by atoms with Crippen LogP contribution >= 0.6 is 27.5 Å². The van der Waals surface area contributed by atoms with E-state index in [9.17, 15) is 4.79 Å². The third kappa shape index (κ3) is 3.20. The zero-order valence-electron chi connectivity index (χ0n) is 10.5. The first kappa shape index (κ1) is 14.6. The number of nitrogens with two attached hydrogens (primary N) is 1. The molecule has 0 saturated heterocycles. The molecule has 104 valence electrons. The van der Waals surface area contributed by atoms with Crippen molar-refractivity contribution in [2.24, 2.45) is 0 Å². The molecule has 0 radical (unpaired) electrons. The molecule has 2 aromatic rings. The number of carbonyl (C=O) groups excluding carboxylic acids is 1. The number of esters is 1. The van der Waals surface area contributed by atoms with E-state index in [1.165, 1.54) is 19.4 Å². The van der Waals surface area contributed by atoms with Crippen LogP contribution in [0.5, 0.6) is 0 Å². The Morgan fingerprint density at radius 2 is 2.20 bits per heavy atom. The van der Waals surface area contributed by atoms with Gasteiger partial charge in [-0.3, -0.25) is 0 Å². The quantitative estimate of drug-likeness (QED) is 0.822. The molecule has 0 unspecified atom stereocenters. The number of ether oxygens (including phenoxy) is 1. The molecule has 0 aliphatic carbocycles. The molecule has 7 heteroatoms. The Morgan fingerprint density at radius 3 is 2.90 bits per heavy atom. The topological polar surface area (TPSA) is 77.2 Å². The molecular weight excluding hydrogens is 346 g/mol. The third-order valence-electron chi connectivity index (χ3n) is 2.50. The Labute approximate surface area is 129 Å². The molecule has 20 heavy (non-hydrogen) atoms. The van der Waals surface area contributed by atoms with Crippen LogP contribution in [0.2, 0.25) is 5.02 Å². The van der Waals surface area contributed by atoms with Gasteiger partial charge in [0.25, 0.3) is 0 Å². The number of carbonyl (C=O) groups is 1. The van der Waals surface area contributed by atoms with Gasteiger partial charge in [-0.2, -0.15) is 0 Å². The van der Waals surface area contributed by atoms with Crippen molar-refractivity contribution in [2.75, 3.05) is 18.2 Å². The van der Waals surface area contributed by atoms with Gasteiger partial charge >= 0.3 is 5.97 Å². The molecular formula is C13H11BrClN3O2. The highest BCUT2D eigenvalue weighted by molar-refractivity contribution is 9.10. The minimum Gasteiger partial charge on any atom is -0.465 e. The molecule has 2 rings (SSSR count). The van der Waals surface area contributed by atoms with Gasteiger partial charge in [-0.15, -0.1) is 0 Å². The Morgan fingerprint density at radius 1 is 1.45 bits per heavy atom. The third-order valence-corrected chi connectivity index (χ3v) is 3.32. The summed E-state index contributed by atoms with van der Waals surface area (Å²) in [5, 5.41) is 3.50. The zero-order chi connectivity index (χ0) is 14.7. The molecule has 1 aromatic carbocycles. The largest absolute Gasteiger partial charge is 0.465 e. The lowest BCUT2D eigenvalue weighted by Crippen LogP contribution is -2.08. The smallest absolute Gasteiger partial charge is 0.341 e. The lowest BCUT2D eigenvalue weighted by Gasteiger charge is -2.12. The van der Waals surface area contributed by atoms with Crippen LogP contribution in [0, 0.1) is 0 Å².